The first-order chi connectivity index (χ1) is 10.2. The predicted molar refractivity (Wildman–Crippen MR) is 82.5 cm³/mol. The summed E-state index contributed by atoms with van der Waals surface area (Å²) < 4.78 is 15.4. The van der Waals surface area contributed by atoms with Gasteiger partial charge in [0.15, 0.2) is 11.5 Å². The molecule has 102 valence electrons. The van der Waals surface area contributed by atoms with E-state index in [1.807, 2.05) is 42.5 Å². The molecular weight excluding hydrogens is 265 g/mol. The molecule has 0 aliphatic carbocycles. The van der Waals surface area contributed by atoms with Crippen molar-refractivity contribution in [2.24, 2.45) is 0 Å². The molecule has 2 aromatic heterocycles. The number of nitrogens with zero attached hydrogens (tertiary/aromatic N) is 2. The number of hydrogen-bond donors (Lipinski definition) is 1. The molecular formula is C17H12FN3. The van der Waals surface area contributed by atoms with Crippen molar-refractivity contribution in [1.82, 2.24) is 9.38 Å². The van der Waals surface area contributed by atoms with E-state index in [2.05, 4.69) is 4.98 Å². The Labute approximate surface area is 120 Å². The number of anilines is 1. The Hall–Kier alpha value is -2.88. The fraction of sp³-hybridized carbons (Fsp3) is 0. The highest BCUT2D eigenvalue weighted by Crippen LogP contribution is 2.29. The summed E-state index contributed by atoms with van der Waals surface area (Å²) >= 11 is 0. The van der Waals surface area contributed by atoms with Crippen molar-refractivity contribution in [3.05, 3.63) is 66.6 Å². The molecule has 21 heavy (non-hydrogen) atoms. The molecule has 0 spiro atoms. The minimum Gasteiger partial charge on any atom is -0.383 e. The van der Waals surface area contributed by atoms with Gasteiger partial charge < -0.3 is 5.73 Å². The lowest BCUT2D eigenvalue weighted by Gasteiger charge is -2.02. The second-order valence-corrected chi connectivity index (χ2v) is 4.96. The van der Waals surface area contributed by atoms with Crippen LogP contribution in [0, 0.1) is 5.82 Å². The Balaban J connectivity index is 1.99. The van der Waals surface area contributed by atoms with E-state index in [0.29, 0.717) is 11.5 Å². The van der Waals surface area contributed by atoms with E-state index in [1.54, 1.807) is 16.7 Å². The molecule has 3 nitrogen and oxygen atoms in total. The average molecular weight is 277 g/mol. The van der Waals surface area contributed by atoms with Gasteiger partial charge in [0.2, 0.25) is 0 Å². The maximum absolute atomic E-state index is 13.8. The maximum Gasteiger partial charge on any atom is 0.175 e. The lowest BCUT2D eigenvalue weighted by atomic mass is 10.1. The first kappa shape index (κ1) is 11.9. The zero-order chi connectivity index (χ0) is 14.4. The third-order valence-electron chi connectivity index (χ3n) is 3.66. The Morgan fingerprint density at radius 3 is 2.57 bits per heavy atom. The van der Waals surface area contributed by atoms with Gasteiger partial charge in [-0.15, -0.1) is 0 Å². The van der Waals surface area contributed by atoms with Crippen LogP contribution in [0.3, 0.4) is 0 Å². The van der Waals surface area contributed by atoms with Crippen LogP contribution in [0.2, 0.25) is 0 Å². The Morgan fingerprint density at radius 1 is 0.952 bits per heavy atom. The van der Waals surface area contributed by atoms with Crippen LogP contribution in [0.1, 0.15) is 0 Å². The van der Waals surface area contributed by atoms with Gasteiger partial charge in [-0.1, -0.05) is 36.4 Å². The molecule has 0 fully saturated rings. The van der Waals surface area contributed by atoms with E-state index < -0.39 is 0 Å². The van der Waals surface area contributed by atoms with Gasteiger partial charge in [0.25, 0.3) is 0 Å². The Morgan fingerprint density at radius 2 is 1.76 bits per heavy atom. The van der Waals surface area contributed by atoms with Gasteiger partial charge in [0, 0.05) is 11.8 Å². The quantitative estimate of drug-likeness (QED) is 0.574. The van der Waals surface area contributed by atoms with Crippen molar-refractivity contribution in [2.45, 2.75) is 0 Å². The second-order valence-electron chi connectivity index (χ2n) is 4.96. The molecule has 2 aromatic carbocycles. The molecule has 4 rings (SSSR count). The topological polar surface area (TPSA) is 43.3 Å². The van der Waals surface area contributed by atoms with Crippen LogP contribution in [-0.4, -0.2) is 9.38 Å². The summed E-state index contributed by atoms with van der Waals surface area (Å²) in [6.45, 7) is 0. The van der Waals surface area contributed by atoms with Crippen molar-refractivity contribution in [3.63, 3.8) is 0 Å². The summed E-state index contributed by atoms with van der Waals surface area (Å²) in [6, 6.07) is 17.1. The molecule has 0 aliphatic heterocycles. The van der Waals surface area contributed by atoms with Crippen LogP contribution in [0.25, 0.3) is 27.7 Å². The van der Waals surface area contributed by atoms with Gasteiger partial charge in [-0.3, -0.25) is 4.40 Å². The minimum absolute atomic E-state index is 0.248. The number of pyridine rings is 1. The minimum atomic E-state index is -0.378. The number of rotatable bonds is 1. The number of nitrogen functional groups attached to an aromatic ring is 1. The molecule has 0 saturated carbocycles. The fourth-order valence-corrected chi connectivity index (χ4v) is 2.60. The second kappa shape index (κ2) is 4.31. The van der Waals surface area contributed by atoms with Crippen LogP contribution >= 0.6 is 0 Å². The molecule has 0 saturated heterocycles. The highest BCUT2D eigenvalue weighted by atomic mass is 19.1. The fourth-order valence-electron chi connectivity index (χ4n) is 2.60. The number of halogens is 1. The number of benzene rings is 2. The third kappa shape index (κ3) is 1.76. The molecule has 2 heterocycles. The summed E-state index contributed by atoms with van der Waals surface area (Å²) in [5.74, 6) is 0.0658. The number of hydrogen-bond acceptors (Lipinski definition) is 2. The van der Waals surface area contributed by atoms with Crippen molar-refractivity contribution < 1.29 is 4.39 Å². The van der Waals surface area contributed by atoms with E-state index in [-0.39, 0.29) is 11.5 Å². The molecule has 4 heteroatoms. The van der Waals surface area contributed by atoms with Gasteiger partial charge >= 0.3 is 0 Å². The van der Waals surface area contributed by atoms with Crippen molar-refractivity contribution in [1.29, 1.82) is 0 Å². The van der Waals surface area contributed by atoms with Crippen LogP contribution < -0.4 is 5.73 Å². The number of aromatic nitrogens is 2. The molecule has 0 radical (unpaired) electrons. The molecule has 0 amide bonds. The molecule has 0 unspecified atom stereocenters. The lowest BCUT2D eigenvalue weighted by molar-refractivity contribution is 0.630. The standard InChI is InChI=1S/C17H12FN3/c18-14-6-3-9-21-16(19)15(20-17(14)21)13-8-7-11-4-1-2-5-12(11)10-13/h1-10H,19H2. The van der Waals surface area contributed by atoms with Gasteiger partial charge in [0.1, 0.15) is 11.5 Å². The summed E-state index contributed by atoms with van der Waals surface area (Å²) in [6.07, 6.45) is 1.71. The first-order valence-electron chi connectivity index (χ1n) is 6.65. The van der Waals surface area contributed by atoms with E-state index in [0.717, 1.165) is 16.3 Å². The van der Waals surface area contributed by atoms with E-state index in [4.69, 9.17) is 5.73 Å². The highest BCUT2D eigenvalue weighted by molar-refractivity contribution is 5.88. The SMILES string of the molecule is Nc1c(-c2ccc3ccccc3c2)nc2c(F)cccn12. The van der Waals surface area contributed by atoms with Crippen LogP contribution in [0.4, 0.5) is 10.2 Å². The molecule has 0 atom stereocenters. The van der Waals surface area contributed by atoms with Crippen molar-refractivity contribution in [2.75, 3.05) is 5.73 Å². The van der Waals surface area contributed by atoms with Gasteiger partial charge in [-0.05, 0) is 29.0 Å². The van der Waals surface area contributed by atoms with Crippen LogP contribution in [0.15, 0.2) is 60.8 Å². The smallest absolute Gasteiger partial charge is 0.175 e. The van der Waals surface area contributed by atoms with E-state index in [9.17, 15) is 4.39 Å². The summed E-state index contributed by atoms with van der Waals surface area (Å²) in [7, 11) is 0. The molecule has 4 aromatic rings. The van der Waals surface area contributed by atoms with Crippen molar-refractivity contribution in [3.8, 4) is 11.3 Å². The van der Waals surface area contributed by atoms with E-state index in [1.165, 1.54) is 6.07 Å². The largest absolute Gasteiger partial charge is 0.383 e. The third-order valence-corrected chi connectivity index (χ3v) is 3.66. The lowest BCUT2D eigenvalue weighted by Crippen LogP contribution is -1.94. The normalized spacial score (nSPS) is 11.3. The molecule has 2 N–H and O–H groups in total. The zero-order valence-electron chi connectivity index (χ0n) is 11.1. The molecule has 0 aliphatic rings. The van der Waals surface area contributed by atoms with Gasteiger partial charge in [0.05, 0.1) is 0 Å². The monoisotopic (exact) mass is 277 g/mol. The molecule has 0 bridgehead atoms. The Bertz CT molecular complexity index is 972. The highest BCUT2D eigenvalue weighted by Gasteiger charge is 2.13. The Kier molecular flexibility index (Phi) is 2.44. The summed E-state index contributed by atoms with van der Waals surface area (Å²) in [5.41, 5.74) is 7.85. The summed E-state index contributed by atoms with van der Waals surface area (Å²) in [4.78, 5) is 4.35. The van der Waals surface area contributed by atoms with Crippen molar-refractivity contribution >= 4 is 22.2 Å². The van der Waals surface area contributed by atoms with Gasteiger partial charge in [-0.25, -0.2) is 9.37 Å². The van der Waals surface area contributed by atoms with Gasteiger partial charge in [-0.2, -0.15) is 0 Å². The van der Waals surface area contributed by atoms with Crippen LogP contribution in [0.5, 0.6) is 0 Å². The zero-order valence-corrected chi connectivity index (χ0v) is 11.1. The predicted octanol–water partition coefficient (Wildman–Crippen LogP) is 3.88. The van der Waals surface area contributed by atoms with Crippen LogP contribution in [-0.2, 0) is 0 Å². The number of imidazole rings is 1. The maximum atomic E-state index is 13.8. The number of nitrogens with two attached hydrogens (primary N) is 1. The average Bonchev–Trinajstić information content (AvgIpc) is 2.86. The summed E-state index contributed by atoms with van der Waals surface area (Å²) in [5, 5.41) is 2.25. The number of fused-ring (bicyclic) bond motifs is 2. The first-order valence-corrected chi connectivity index (χ1v) is 6.65. The van der Waals surface area contributed by atoms with E-state index >= 15 is 0 Å².